The highest BCUT2D eigenvalue weighted by Crippen LogP contribution is 2.26. The van der Waals surface area contributed by atoms with Gasteiger partial charge in [-0.05, 0) is 48.9 Å². The minimum atomic E-state index is -3.98. The number of ether oxygens (including phenoxy) is 1. The van der Waals surface area contributed by atoms with E-state index < -0.39 is 19.8 Å². The molecule has 1 fully saturated rings. The van der Waals surface area contributed by atoms with E-state index in [9.17, 15) is 17.4 Å². The predicted octanol–water partition coefficient (Wildman–Crippen LogP) is 4.11. The topological polar surface area (TPSA) is 106 Å². The molecule has 3 aromatic rings. The summed E-state index contributed by atoms with van der Waals surface area (Å²) in [5.41, 5.74) is 3.28. The van der Waals surface area contributed by atoms with Crippen molar-refractivity contribution in [3.63, 3.8) is 0 Å². The standard InChI is InChI=1S/C27H30N2O6S2/c1-20-6-8-25(9-7-20)37(32,33)28-36(31)12-10-21(11-13-36)18-35-27-19-34-24(14-26(27)30)17-29-15-22-4-2-3-5-23(22)16-29/h2-9,14,19,21H,10-13,15-18H2,1H3. The number of hydrogen-bond donors (Lipinski definition) is 0. The Morgan fingerprint density at radius 1 is 1.05 bits per heavy atom. The van der Waals surface area contributed by atoms with Gasteiger partial charge >= 0.3 is 0 Å². The van der Waals surface area contributed by atoms with Crippen molar-refractivity contribution in [3.05, 3.63) is 93.5 Å². The number of sulfonamides is 1. The Bertz CT molecular complexity index is 1530. The summed E-state index contributed by atoms with van der Waals surface area (Å²) in [5.74, 6) is 1.13. The molecule has 8 nitrogen and oxygen atoms in total. The van der Waals surface area contributed by atoms with Crippen molar-refractivity contribution in [2.24, 2.45) is 9.69 Å². The van der Waals surface area contributed by atoms with Crippen LogP contribution < -0.4 is 10.2 Å². The van der Waals surface area contributed by atoms with Crippen LogP contribution in [-0.4, -0.2) is 35.6 Å². The molecule has 37 heavy (non-hydrogen) atoms. The van der Waals surface area contributed by atoms with Crippen LogP contribution in [-0.2, 0) is 39.4 Å². The third-order valence-electron chi connectivity index (χ3n) is 6.86. The third kappa shape index (κ3) is 6.14. The molecule has 0 amide bonds. The van der Waals surface area contributed by atoms with Crippen molar-refractivity contribution in [1.29, 1.82) is 0 Å². The van der Waals surface area contributed by atoms with Crippen LogP contribution in [0.15, 0.2) is 78.7 Å². The van der Waals surface area contributed by atoms with Crippen LogP contribution in [0.2, 0.25) is 0 Å². The highest BCUT2D eigenvalue weighted by Gasteiger charge is 2.27. The van der Waals surface area contributed by atoms with Gasteiger partial charge in [-0.25, -0.2) is 4.21 Å². The van der Waals surface area contributed by atoms with Crippen molar-refractivity contribution < 1.29 is 21.8 Å². The van der Waals surface area contributed by atoms with Gasteiger partial charge in [0.15, 0.2) is 0 Å². The molecule has 2 aliphatic heterocycles. The fourth-order valence-electron chi connectivity index (χ4n) is 4.69. The summed E-state index contributed by atoms with van der Waals surface area (Å²) in [6.07, 6.45) is 2.37. The second-order valence-electron chi connectivity index (χ2n) is 9.79. The van der Waals surface area contributed by atoms with Crippen LogP contribution in [0.4, 0.5) is 0 Å². The fraction of sp³-hybridized carbons (Fsp3) is 0.370. The third-order valence-corrected chi connectivity index (χ3v) is 11.3. The number of nitrogens with zero attached hydrogens (tertiary/aromatic N) is 2. The molecular weight excluding hydrogens is 512 g/mol. The van der Waals surface area contributed by atoms with E-state index in [1.54, 1.807) is 12.1 Å². The quantitative estimate of drug-likeness (QED) is 0.442. The second kappa shape index (κ2) is 10.4. The van der Waals surface area contributed by atoms with Crippen molar-refractivity contribution in [1.82, 2.24) is 4.90 Å². The lowest BCUT2D eigenvalue weighted by Crippen LogP contribution is -2.28. The Balaban J connectivity index is 1.15. The Hall–Kier alpha value is -2.95. The van der Waals surface area contributed by atoms with E-state index in [0.29, 0.717) is 25.1 Å². The number of benzene rings is 2. The molecule has 0 unspecified atom stereocenters. The van der Waals surface area contributed by atoms with E-state index in [0.717, 1.165) is 18.7 Å². The van der Waals surface area contributed by atoms with Crippen LogP contribution in [0.5, 0.6) is 5.75 Å². The second-order valence-corrected chi connectivity index (χ2v) is 14.2. The Kier molecular flexibility index (Phi) is 7.24. The summed E-state index contributed by atoms with van der Waals surface area (Å²) in [5, 5.41) is 0. The van der Waals surface area contributed by atoms with Crippen LogP contribution in [0.3, 0.4) is 0 Å². The van der Waals surface area contributed by atoms with Gasteiger partial charge in [0.25, 0.3) is 10.0 Å². The lowest BCUT2D eigenvalue weighted by Gasteiger charge is -2.24. The molecule has 0 bridgehead atoms. The average molecular weight is 543 g/mol. The number of hydrogen-bond acceptors (Lipinski definition) is 7. The van der Waals surface area contributed by atoms with Gasteiger partial charge in [0.2, 0.25) is 11.2 Å². The maximum Gasteiger partial charge on any atom is 0.290 e. The molecule has 0 atom stereocenters. The SMILES string of the molecule is Cc1ccc(S(=O)(=O)N=S2(=O)CCC(COc3coc(CN4Cc5ccccc5C4)cc3=O)CC2)cc1. The molecule has 2 aromatic carbocycles. The highest BCUT2D eigenvalue weighted by atomic mass is 32.3. The van der Waals surface area contributed by atoms with Gasteiger partial charge in [-0.3, -0.25) is 9.69 Å². The molecule has 5 rings (SSSR count). The number of aryl methyl sites for hydroxylation is 1. The molecule has 10 heteroatoms. The monoisotopic (exact) mass is 542 g/mol. The van der Waals surface area contributed by atoms with E-state index in [2.05, 4.69) is 20.8 Å². The van der Waals surface area contributed by atoms with Gasteiger partial charge < -0.3 is 9.15 Å². The Labute approximate surface area is 217 Å². The molecule has 2 aliphatic rings. The first-order valence-electron chi connectivity index (χ1n) is 12.3. The Morgan fingerprint density at radius 2 is 1.70 bits per heavy atom. The lowest BCUT2D eigenvalue weighted by molar-refractivity contribution is 0.222. The maximum atomic E-state index is 13.1. The zero-order valence-electron chi connectivity index (χ0n) is 20.7. The molecule has 0 N–H and O–H groups in total. The first kappa shape index (κ1) is 25.7. The van der Waals surface area contributed by atoms with Gasteiger partial charge in [0.1, 0.15) is 12.0 Å². The van der Waals surface area contributed by atoms with Gasteiger partial charge in [0.05, 0.1) is 27.8 Å². The van der Waals surface area contributed by atoms with Crippen LogP contribution >= 0.6 is 0 Å². The van der Waals surface area contributed by atoms with Crippen LogP contribution in [0, 0.1) is 12.8 Å². The minimum absolute atomic E-state index is 0.0500. The number of fused-ring (bicyclic) bond motifs is 1. The van der Waals surface area contributed by atoms with Gasteiger partial charge in [-0.2, -0.15) is 8.42 Å². The van der Waals surface area contributed by atoms with Crippen molar-refractivity contribution in [3.8, 4) is 5.75 Å². The van der Waals surface area contributed by atoms with Gasteiger partial charge in [0, 0.05) is 30.7 Å². The van der Waals surface area contributed by atoms with Crippen molar-refractivity contribution in [2.75, 3.05) is 18.1 Å². The zero-order valence-corrected chi connectivity index (χ0v) is 22.3. The average Bonchev–Trinajstić information content (AvgIpc) is 3.27. The number of rotatable bonds is 7. The minimum Gasteiger partial charge on any atom is -0.486 e. The van der Waals surface area contributed by atoms with Gasteiger partial charge in [-0.15, -0.1) is 3.77 Å². The van der Waals surface area contributed by atoms with E-state index in [-0.39, 0.29) is 40.1 Å². The summed E-state index contributed by atoms with van der Waals surface area (Å²) in [7, 11) is -6.85. The molecule has 1 aromatic heterocycles. The highest BCUT2D eigenvalue weighted by molar-refractivity contribution is 8.03. The summed E-state index contributed by atoms with van der Waals surface area (Å²) in [4.78, 5) is 14.9. The fourth-order valence-corrected chi connectivity index (χ4v) is 9.15. The molecule has 0 radical (unpaired) electrons. The maximum absolute atomic E-state index is 13.1. The first-order chi connectivity index (χ1) is 17.7. The zero-order chi connectivity index (χ0) is 26.0. The predicted molar refractivity (Wildman–Crippen MR) is 141 cm³/mol. The van der Waals surface area contributed by atoms with Gasteiger partial charge in [-0.1, -0.05) is 42.0 Å². The molecular formula is C27H30N2O6S2. The summed E-state index contributed by atoms with van der Waals surface area (Å²) < 4.78 is 53.6. The van der Waals surface area contributed by atoms with Crippen LogP contribution in [0.1, 0.15) is 35.3 Å². The summed E-state index contributed by atoms with van der Waals surface area (Å²) in [6.45, 7) is 4.31. The smallest absolute Gasteiger partial charge is 0.290 e. The summed E-state index contributed by atoms with van der Waals surface area (Å²) >= 11 is 0. The molecule has 0 aliphatic carbocycles. The Morgan fingerprint density at radius 3 is 2.32 bits per heavy atom. The summed E-state index contributed by atoms with van der Waals surface area (Å²) in [6, 6.07) is 16.1. The molecule has 1 saturated heterocycles. The normalized spacial score (nSPS) is 21.9. The van der Waals surface area contributed by atoms with E-state index in [4.69, 9.17) is 9.15 Å². The first-order valence-corrected chi connectivity index (χ1v) is 15.6. The van der Waals surface area contributed by atoms with Crippen LogP contribution in [0.25, 0.3) is 0 Å². The van der Waals surface area contributed by atoms with E-state index in [1.807, 2.05) is 19.1 Å². The van der Waals surface area contributed by atoms with Crippen molar-refractivity contribution >= 4 is 19.8 Å². The van der Waals surface area contributed by atoms with Crippen molar-refractivity contribution in [2.45, 2.75) is 44.3 Å². The molecule has 3 heterocycles. The van der Waals surface area contributed by atoms with E-state index >= 15 is 0 Å². The molecule has 0 saturated carbocycles. The lowest BCUT2D eigenvalue weighted by atomic mass is 10.0. The molecule has 0 spiro atoms. The molecule has 196 valence electrons. The largest absolute Gasteiger partial charge is 0.486 e. The van der Waals surface area contributed by atoms with E-state index in [1.165, 1.54) is 35.6 Å².